The van der Waals surface area contributed by atoms with Crippen LogP contribution in [0.1, 0.15) is 44.5 Å². The van der Waals surface area contributed by atoms with E-state index in [1.54, 1.807) is 84.3 Å². The molecular weight excluding hydrogens is 1670 g/mol. The summed E-state index contributed by atoms with van der Waals surface area (Å²) in [6.45, 7) is 18.3. The largest absolute Gasteiger partial charge is 0.382 e. The molecule has 0 bridgehead atoms. The van der Waals surface area contributed by atoms with Crippen molar-refractivity contribution < 1.29 is 109 Å². The van der Waals surface area contributed by atoms with Crippen LogP contribution >= 0.6 is 0 Å². The Kier molecular flexibility index (Phi) is 44.8. The van der Waals surface area contributed by atoms with Gasteiger partial charge in [-0.1, -0.05) is 237 Å². The van der Waals surface area contributed by atoms with Crippen molar-refractivity contribution in [1.29, 1.82) is 0 Å². The number of fused-ring (bicyclic) bond motifs is 6. The molecule has 0 aromatic heterocycles. The van der Waals surface area contributed by atoms with E-state index in [1.807, 2.05) is 18.2 Å². The molecule has 0 amide bonds. The molecule has 0 N–H and O–H groups in total. The summed E-state index contributed by atoms with van der Waals surface area (Å²) in [5.74, 6) is 0.239. The Morgan fingerprint density at radius 2 is 0.435 bits per heavy atom. The molecular formula is C108H136O23. The lowest BCUT2D eigenvalue weighted by atomic mass is 9.62. The SMILES string of the molecule is COCC1CO1.COCC1CO1.COCC1CO1.COCC1CO1.COCC1CO1.COCC1CO1.COCC1CO1.COCC1CO1.COCC1CO1.COCC1CO1.COCC1CO1.O=C1C=Cc2ccccc2C12Cc1cccc3cccc(c13)C2.c1ccc2c(Cc3cccc4ccccc34)cccc2c1.c1ccc2c(Cc3cccc4ccccc34)cccc2c1. The van der Waals surface area contributed by atoms with Crippen molar-refractivity contribution in [1.82, 2.24) is 0 Å². The number of hydrogen-bond donors (Lipinski definition) is 0. The zero-order valence-corrected chi connectivity index (χ0v) is 78.2. The molecule has 11 fully saturated rings. The number of ether oxygens (including phenoxy) is 22. The van der Waals surface area contributed by atoms with Crippen molar-refractivity contribution in [2.75, 3.05) is 224 Å². The van der Waals surface area contributed by atoms with Gasteiger partial charge in [-0.3, -0.25) is 4.79 Å². The monoisotopic (exact) mass is 1800 g/mol. The van der Waals surface area contributed by atoms with Gasteiger partial charge in [0.2, 0.25) is 0 Å². The van der Waals surface area contributed by atoms with Crippen LogP contribution < -0.4 is 0 Å². The maximum absolute atomic E-state index is 13.0. The van der Waals surface area contributed by atoms with Crippen LogP contribution in [0.15, 0.2) is 237 Å². The van der Waals surface area contributed by atoms with Gasteiger partial charge in [0.1, 0.15) is 67.1 Å². The van der Waals surface area contributed by atoms with Crippen molar-refractivity contribution in [3.63, 3.8) is 0 Å². The molecule has 11 aromatic carbocycles. The van der Waals surface area contributed by atoms with Crippen LogP contribution in [0, 0.1) is 0 Å². The first kappa shape index (κ1) is 103. The maximum Gasteiger partial charge on any atom is 0.166 e. The average Bonchev–Trinajstić information content (AvgIpc) is 1.23. The van der Waals surface area contributed by atoms with E-state index in [0.717, 1.165) is 171 Å². The summed E-state index contributed by atoms with van der Waals surface area (Å²) >= 11 is 0. The minimum absolute atomic E-state index is 0.239. The second-order valence-corrected chi connectivity index (χ2v) is 33.1. The number of benzene rings is 11. The summed E-state index contributed by atoms with van der Waals surface area (Å²) < 4.78 is 105. The fourth-order valence-corrected chi connectivity index (χ4v) is 14.5. The summed E-state index contributed by atoms with van der Waals surface area (Å²) in [4.78, 5) is 13.0. The number of hydrogen-bond acceptors (Lipinski definition) is 23. The summed E-state index contributed by atoms with van der Waals surface area (Å²) in [6.07, 6.45) is 12.0. The van der Waals surface area contributed by atoms with Crippen LogP contribution in [0.4, 0.5) is 0 Å². The van der Waals surface area contributed by atoms with Crippen LogP contribution in [0.3, 0.4) is 0 Å². The van der Waals surface area contributed by atoms with Crippen LogP contribution in [0.5, 0.6) is 0 Å². The zero-order chi connectivity index (χ0) is 92.0. The van der Waals surface area contributed by atoms with E-state index in [4.69, 9.17) is 104 Å². The van der Waals surface area contributed by atoms with Crippen LogP contribution in [-0.4, -0.2) is 296 Å². The van der Waals surface area contributed by atoms with Crippen molar-refractivity contribution in [3.8, 4) is 0 Å². The van der Waals surface area contributed by atoms with Crippen molar-refractivity contribution >= 4 is 65.7 Å². The number of ketones is 1. The maximum atomic E-state index is 13.0. The topological polar surface area (TPSA) is 256 Å². The van der Waals surface area contributed by atoms with E-state index in [9.17, 15) is 4.79 Å². The predicted octanol–water partition coefficient (Wildman–Crippen LogP) is 16.0. The second kappa shape index (κ2) is 57.1. The average molecular weight is 1800 g/mol. The summed E-state index contributed by atoms with van der Waals surface area (Å²) in [5, 5.41) is 13.3. The van der Waals surface area contributed by atoms with Crippen LogP contribution in [0.2, 0.25) is 0 Å². The molecule has 23 heteroatoms. The molecule has 24 rings (SSSR count). The smallest absolute Gasteiger partial charge is 0.166 e. The van der Waals surface area contributed by atoms with Crippen molar-refractivity contribution in [2.24, 2.45) is 0 Å². The van der Waals surface area contributed by atoms with Gasteiger partial charge in [-0.15, -0.1) is 0 Å². The van der Waals surface area contributed by atoms with Gasteiger partial charge in [-0.25, -0.2) is 0 Å². The van der Waals surface area contributed by atoms with E-state index in [0.29, 0.717) is 67.1 Å². The van der Waals surface area contributed by atoms with E-state index in [-0.39, 0.29) is 5.78 Å². The molecule has 2 aliphatic carbocycles. The lowest BCUT2D eigenvalue weighted by Gasteiger charge is -2.39. The highest BCUT2D eigenvalue weighted by Crippen LogP contribution is 2.45. The fourth-order valence-electron chi connectivity index (χ4n) is 14.5. The van der Waals surface area contributed by atoms with Gasteiger partial charge < -0.3 is 104 Å². The fraction of sp³-hybridized carbons (Fsp3) is 0.454. The number of allylic oxidation sites excluding steroid dienone is 1. The van der Waals surface area contributed by atoms with Gasteiger partial charge >= 0.3 is 0 Å². The predicted molar refractivity (Wildman–Crippen MR) is 513 cm³/mol. The highest BCUT2D eigenvalue weighted by molar-refractivity contribution is 6.07. The standard InChI is InChI=1S/C22H16O.2C21H16.11C4H8O2/c23-20-12-11-15-5-1-2-10-19(15)22(20)13-17-8-3-6-16-7-4-9-18(14-22)21(16)17;2*1-3-13-20-16(7-1)9-5-11-18(20)15-19-12-6-10-17-8-2-4-14-21(17)19;11*1-5-2-4-3-6-4/h1-12H,13-14H2;2*1-14H,15H2;11*4H,2-3H2,1H3. The highest BCUT2D eigenvalue weighted by Gasteiger charge is 2.45. The van der Waals surface area contributed by atoms with Gasteiger partial charge in [0.15, 0.2) is 5.78 Å². The molecule has 0 radical (unpaired) electrons. The van der Waals surface area contributed by atoms with E-state index >= 15 is 0 Å². The Balaban J connectivity index is 0.000000143. The first-order chi connectivity index (χ1) is 64.4. The lowest BCUT2D eigenvalue weighted by Crippen LogP contribution is -2.43. The Hall–Kier alpha value is -8.75. The van der Waals surface area contributed by atoms with E-state index in [2.05, 4.69) is 218 Å². The number of rotatable bonds is 26. The summed E-state index contributed by atoms with van der Waals surface area (Å²) in [6, 6.07) is 82.0. The molecule has 11 unspecified atom stereocenters. The molecule has 11 aliphatic heterocycles. The highest BCUT2D eigenvalue weighted by atomic mass is 16.6. The first-order valence-corrected chi connectivity index (χ1v) is 45.2. The minimum atomic E-state index is -0.437. The van der Waals surface area contributed by atoms with E-state index < -0.39 is 5.41 Å². The third kappa shape index (κ3) is 38.6. The van der Waals surface area contributed by atoms with Crippen molar-refractivity contribution in [2.45, 2.75) is 98.2 Å². The molecule has 13 aliphatic rings. The molecule has 11 heterocycles. The lowest BCUT2D eigenvalue weighted by molar-refractivity contribution is -0.120. The van der Waals surface area contributed by atoms with Crippen molar-refractivity contribution in [3.05, 3.63) is 281 Å². The Morgan fingerprint density at radius 1 is 0.237 bits per heavy atom. The molecule has 11 aromatic rings. The Labute approximate surface area is 773 Å². The van der Waals surface area contributed by atoms with Gasteiger partial charge in [0, 0.05) is 78.2 Å². The second-order valence-electron chi connectivity index (χ2n) is 33.1. The number of methoxy groups -OCH3 is 11. The number of carbonyl (C=O) groups excluding carboxylic acids is 1. The third-order valence-corrected chi connectivity index (χ3v) is 22.0. The van der Waals surface area contributed by atoms with Crippen LogP contribution in [-0.2, 0) is 140 Å². The van der Waals surface area contributed by atoms with Crippen LogP contribution in [0.25, 0.3) is 59.9 Å². The molecule has 11 atom stereocenters. The molecule has 23 nitrogen and oxygen atoms in total. The molecule has 0 saturated carbocycles. The Morgan fingerprint density at radius 3 is 0.656 bits per heavy atom. The molecule has 1 spiro atoms. The molecule has 131 heavy (non-hydrogen) atoms. The van der Waals surface area contributed by atoms with Gasteiger partial charge in [-0.2, -0.15) is 0 Å². The number of epoxide rings is 11. The summed E-state index contributed by atoms with van der Waals surface area (Å²) in [5.41, 5.74) is 10.1. The summed E-state index contributed by atoms with van der Waals surface area (Å²) in [7, 11) is 18.5. The first-order valence-electron chi connectivity index (χ1n) is 45.2. The minimum Gasteiger partial charge on any atom is -0.382 e. The van der Waals surface area contributed by atoms with Gasteiger partial charge in [-0.05, 0) is 130 Å². The molecule has 11 saturated heterocycles. The number of carbonyl (C=O) groups is 1. The quantitative estimate of drug-likeness (QED) is 0.0456. The Bertz CT molecular complexity index is 4460. The normalized spacial score (nSPS) is 22.0. The van der Waals surface area contributed by atoms with Gasteiger partial charge in [0.05, 0.1) is 151 Å². The van der Waals surface area contributed by atoms with Gasteiger partial charge in [0.25, 0.3) is 0 Å². The third-order valence-electron chi connectivity index (χ3n) is 22.0. The zero-order valence-electron chi connectivity index (χ0n) is 78.2. The molecule has 706 valence electrons. The van der Waals surface area contributed by atoms with E-state index in [1.165, 1.54) is 98.4 Å².